The summed E-state index contributed by atoms with van der Waals surface area (Å²) in [6.07, 6.45) is 1.54. The number of aryl methyl sites for hydroxylation is 1. The van der Waals surface area contributed by atoms with Crippen LogP contribution < -0.4 is 14.8 Å². The lowest BCUT2D eigenvalue weighted by Gasteiger charge is -2.15. The van der Waals surface area contributed by atoms with E-state index in [0.717, 1.165) is 21.6 Å². The maximum absolute atomic E-state index is 12.9. The monoisotopic (exact) mass is 520 g/mol. The van der Waals surface area contributed by atoms with Crippen LogP contribution in [0.3, 0.4) is 0 Å². The first-order valence-corrected chi connectivity index (χ1v) is 11.9. The molecule has 0 bridgehead atoms. The molecule has 0 aromatic heterocycles. The third-order valence-corrected chi connectivity index (χ3v) is 5.93. The highest BCUT2D eigenvalue weighted by molar-refractivity contribution is 6.32. The van der Waals surface area contributed by atoms with Gasteiger partial charge in [0.05, 0.1) is 23.7 Å². The number of halogens is 1. The molecule has 0 radical (unpaired) electrons. The number of carboxylic acid groups (broad SMARTS) is 1. The van der Waals surface area contributed by atoms with Crippen LogP contribution in [0.5, 0.6) is 11.5 Å². The largest absolute Gasteiger partial charge is 0.490 e. The number of carbonyl (C=O) groups excluding carboxylic acids is 2. The first kappa shape index (κ1) is 25.8. The van der Waals surface area contributed by atoms with E-state index in [0.29, 0.717) is 23.7 Å². The molecule has 1 fully saturated rings. The topological polar surface area (TPSA) is 105 Å². The van der Waals surface area contributed by atoms with Gasteiger partial charge in [0.15, 0.2) is 11.5 Å². The van der Waals surface area contributed by atoms with Crippen molar-refractivity contribution in [3.05, 3.63) is 99.2 Å². The number of hydrogen-bond acceptors (Lipinski definition) is 5. The molecule has 0 aliphatic carbocycles. The summed E-state index contributed by atoms with van der Waals surface area (Å²) >= 11 is 6.51. The van der Waals surface area contributed by atoms with Crippen molar-refractivity contribution in [2.45, 2.75) is 27.0 Å². The van der Waals surface area contributed by atoms with E-state index < -0.39 is 17.9 Å². The molecule has 3 aromatic rings. The summed E-state index contributed by atoms with van der Waals surface area (Å²) in [6.45, 7) is 4.43. The third kappa shape index (κ3) is 6.10. The second kappa shape index (κ2) is 11.2. The van der Waals surface area contributed by atoms with E-state index in [-0.39, 0.29) is 29.4 Å². The van der Waals surface area contributed by atoms with Gasteiger partial charge in [-0.25, -0.2) is 9.59 Å². The summed E-state index contributed by atoms with van der Waals surface area (Å²) in [5, 5.41) is 11.9. The van der Waals surface area contributed by atoms with Crippen LogP contribution in [0.15, 0.2) is 66.4 Å². The van der Waals surface area contributed by atoms with Gasteiger partial charge in [0.25, 0.3) is 5.91 Å². The second-order valence-corrected chi connectivity index (χ2v) is 8.83. The number of carboxylic acids is 1. The molecule has 2 N–H and O–H groups in total. The van der Waals surface area contributed by atoms with Crippen molar-refractivity contribution < 1.29 is 29.0 Å². The first-order valence-electron chi connectivity index (χ1n) is 11.6. The summed E-state index contributed by atoms with van der Waals surface area (Å²) in [7, 11) is 0. The molecule has 1 saturated heterocycles. The molecule has 1 heterocycles. The number of benzene rings is 3. The Bertz CT molecular complexity index is 1370. The molecule has 1 aliphatic rings. The normalized spacial score (nSPS) is 14.1. The van der Waals surface area contributed by atoms with Crippen molar-refractivity contribution in [3.63, 3.8) is 0 Å². The van der Waals surface area contributed by atoms with E-state index in [1.165, 1.54) is 18.2 Å². The zero-order valence-electron chi connectivity index (χ0n) is 20.3. The van der Waals surface area contributed by atoms with Gasteiger partial charge in [0, 0.05) is 0 Å². The van der Waals surface area contributed by atoms with E-state index in [4.69, 9.17) is 26.2 Å². The van der Waals surface area contributed by atoms with Gasteiger partial charge in [-0.05, 0) is 60.9 Å². The zero-order valence-corrected chi connectivity index (χ0v) is 21.0. The van der Waals surface area contributed by atoms with Crippen LogP contribution in [0.25, 0.3) is 6.08 Å². The molecule has 1 aliphatic heterocycles. The minimum Gasteiger partial charge on any atom is -0.490 e. The SMILES string of the molecule is CCOc1cc(/C=C2/NC(=O)N(Cc3ccc(C)cc3)C2=O)cc(Cl)c1OCc1ccc(C(=O)O)cc1. The van der Waals surface area contributed by atoms with Crippen molar-refractivity contribution in [3.8, 4) is 11.5 Å². The first-order chi connectivity index (χ1) is 17.7. The van der Waals surface area contributed by atoms with Crippen LogP contribution in [-0.2, 0) is 17.9 Å². The van der Waals surface area contributed by atoms with Gasteiger partial charge in [0.1, 0.15) is 12.3 Å². The number of rotatable bonds is 9. The molecule has 9 heteroatoms. The highest BCUT2D eigenvalue weighted by Gasteiger charge is 2.33. The number of nitrogens with zero attached hydrogens (tertiary/aromatic N) is 1. The van der Waals surface area contributed by atoms with E-state index in [2.05, 4.69) is 5.32 Å². The predicted molar refractivity (Wildman–Crippen MR) is 139 cm³/mol. The van der Waals surface area contributed by atoms with Crippen LogP contribution in [0.2, 0.25) is 5.02 Å². The van der Waals surface area contributed by atoms with Gasteiger partial charge in [-0.15, -0.1) is 0 Å². The van der Waals surface area contributed by atoms with Crippen molar-refractivity contribution >= 4 is 35.6 Å². The number of nitrogens with one attached hydrogen (secondary N) is 1. The average molecular weight is 521 g/mol. The van der Waals surface area contributed by atoms with E-state index >= 15 is 0 Å². The number of aromatic carboxylic acids is 1. The Kier molecular flexibility index (Phi) is 7.79. The lowest BCUT2D eigenvalue weighted by molar-refractivity contribution is -0.123. The van der Waals surface area contributed by atoms with E-state index in [1.54, 1.807) is 24.3 Å². The molecule has 3 aromatic carbocycles. The number of imide groups is 1. The Morgan fingerprint density at radius 1 is 1.03 bits per heavy atom. The van der Waals surface area contributed by atoms with Gasteiger partial charge in [-0.1, -0.05) is 53.6 Å². The lowest BCUT2D eigenvalue weighted by atomic mass is 10.1. The van der Waals surface area contributed by atoms with Gasteiger partial charge in [-0.2, -0.15) is 0 Å². The maximum atomic E-state index is 12.9. The van der Waals surface area contributed by atoms with Crippen molar-refractivity contribution in [1.82, 2.24) is 10.2 Å². The fourth-order valence-corrected chi connectivity index (χ4v) is 4.00. The Morgan fingerprint density at radius 3 is 2.35 bits per heavy atom. The molecule has 0 spiro atoms. The molecule has 0 saturated carbocycles. The average Bonchev–Trinajstić information content (AvgIpc) is 3.12. The Balaban J connectivity index is 1.52. The number of carbonyl (C=O) groups is 3. The standard InChI is InChI=1S/C28H25ClN2O6/c1-3-36-24-14-20(12-22(29)25(24)37-16-19-8-10-21(11-9-19)27(33)34)13-23-26(32)31(28(35)30-23)15-18-6-4-17(2)5-7-18/h4-14H,3,15-16H2,1-2H3,(H,30,35)(H,33,34)/b23-13+. The molecule has 0 atom stereocenters. The minimum atomic E-state index is -1.01. The Labute approximate surface area is 219 Å². The summed E-state index contributed by atoms with van der Waals surface area (Å²) in [6, 6.07) is 16.7. The molecular weight excluding hydrogens is 496 g/mol. The second-order valence-electron chi connectivity index (χ2n) is 8.42. The van der Waals surface area contributed by atoms with Crippen LogP contribution in [-0.4, -0.2) is 34.5 Å². The molecular formula is C28H25ClN2O6. The summed E-state index contributed by atoms with van der Waals surface area (Å²) < 4.78 is 11.6. The number of hydrogen-bond donors (Lipinski definition) is 2. The fraction of sp³-hybridized carbons (Fsp3) is 0.179. The van der Waals surface area contributed by atoms with Crippen LogP contribution in [0.1, 0.15) is 39.5 Å². The molecule has 37 heavy (non-hydrogen) atoms. The van der Waals surface area contributed by atoms with Gasteiger partial charge < -0.3 is 19.9 Å². The van der Waals surface area contributed by atoms with Crippen molar-refractivity contribution in [2.24, 2.45) is 0 Å². The molecule has 8 nitrogen and oxygen atoms in total. The summed E-state index contributed by atoms with van der Waals surface area (Å²) in [5.74, 6) is -0.758. The predicted octanol–water partition coefficient (Wildman–Crippen LogP) is 5.42. The quantitative estimate of drug-likeness (QED) is 0.288. The number of amides is 3. The van der Waals surface area contributed by atoms with Crippen LogP contribution in [0.4, 0.5) is 4.79 Å². The smallest absolute Gasteiger partial charge is 0.335 e. The van der Waals surface area contributed by atoms with Crippen molar-refractivity contribution in [1.29, 1.82) is 0 Å². The fourth-order valence-electron chi connectivity index (χ4n) is 3.73. The lowest BCUT2D eigenvalue weighted by Crippen LogP contribution is -2.30. The van der Waals surface area contributed by atoms with E-state index in [1.807, 2.05) is 38.1 Å². The molecule has 3 amide bonds. The highest BCUT2D eigenvalue weighted by atomic mass is 35.5. The Hall–Kier alpha value is -4.30. The summed E-state index contributed by atoms with van der Waals surface area (Å²) in [4.78, 5) is 37.6. The van der Waals surface area contributed by atoms with Crippen LogP contribution >= 0.6 is 11.6 Å². The maximum Gasteiger partial charge on any atom is 0.335 e. The Morgan fingerprint density at radius 2 is 1.70 bits per heavy atom. The summed E-state index contributed by atoms with van der Waals surface area (Å²) in [5.41, 5.74) is 3.54. The van der Waals surface area contributed by atoms with E-state index in [9.17, 15) is 14.4 Å². The van der Waals surface area contributed by atoms with Gasteiger partial charge >= 0.3 is 12.0 Å². The molecule has 4 rings (SSSR count). The van der Waals surface area contributed by atoms with Gasteiger partial charge in [0.2, 0.25) is 0 Å². The molecule has 190 valence electrons. The van der Waals surface area contributed by atoms with Gasteiger partial charge in [-0.3, -0.25) is 9.69 Å². The minimum absolute atomic E-state index is 0.128. The third-order valence-electron chi connectivity index (χ3n) is 5.65. The number of urea groups is 1. The van der Waals surface area contributed by atoms with Crippen LogP contribution in [0, 0.1) is 6.92 Å². The van der Waals surface area contributed by atoms with Crippen molar-refractivity contribution in [2.75, 3.05) is 6.61 Å². The molecule has 0 unspecified atom stereocenters. The number of ether oxygens (including phenoxy) is 2. The zero-order chi connectivity index (χ0) is 26.5. The highest BCUT2D eigenvalue weighted by Crippen LogP contribution is 2.38.